The van der Waals surface area contributed by atoms with Gasteiger partial charge in [0, 0.05) is 23.7 Å². The zero-order valence-corrected chi connectivity index (χ0v) is 19.0. The number of carbonyl (C=O) groups excluding carboxylic acids is 1. The lowest BCUT2D eigenvalue weighted by Crippen LogP contribution is -2.34. The van der Waals surface area contributed by atoms with Crippen LogP contribution in [0.5, 0.6) is 5.75 Å². The van der Waals surface area contributed by atoms with Crippen molar-refractivity contribution in [3.05, 3.63) is 108 Å². The molecule has 6 heteroatoms. The minimum absolute atomic E-state index is 0.199. The molecule has 3 aromatic carbocycles. The zero-order valence-electron chi connectivity index (χ0n) is 18.2. The summed E-state index contributed by atoms with van der Waals surface area (Å²) in [4.78, 5) is 12.9. The molecule has 5 nitrogen and oxygen atoms in total. The van der Waals surface area contributed by atoms with Crippen molar-refractivity contribution in [2.24, 2.45) is 0 Å². The van der Waals surface area contributed by atoms with Gasteiger partial charge in [-0.05, 0) is 36.0 Å². The van der Waals surface area contributed by atoms with Crippen LogP contribution in [-0.4, -0.2) is 11.0 Å². The predicted octanol–water partition coefficient (Wildman–Crippen LogP) is 6.21. The maximum absolute atomic E-state index is 12.9. The lowest BCUT2D eigenvalue weighted by molar-refractivity contribution is 0.0976. The maximum Gasteiger partial charge on any atom is 0.260 e. The van der Waals surface area contributed by atoms with Crippen molar-refractivity contribution in [3.8, 4) is 17.1 Å². The number of furan rings is 1. The molecular formula is C27H24N2O3S. The highest BCUT2D eigenvalue weighted by Crippen LogP contribution is 2.26. The van der Waals surface area contributed by atoms with Crippen molar-refractivity contribution in [3.63, 3.8) is 0 Å². The Labute approximate surface area is 198 Å². The molecule has 0 bridgehead atoms. The number of hydrogen-bond donors (Lipinski definition) is 2. The summed E-state index contributed by atoms with van der Waals surface area (Å²) < 4.78 is 11.8. The van der Waals surface area contributed by atoms with Crippen molar-refractivity contribution < 1.29 is 13.9 Å². The van der Waals surface area contributed by atoms with Gasteiger partial charge in [0.25, 0.3) is 5.91 Å². The van der Waals surface area contributed by atoms with E-state index in [1.807, 2.05) is 91.9 Å². The molecule has 1 heterocycles. The fraction of sp³-hybridized carbons (Fsp3) is 0.111. The van der Waals surface area contributed by atoms with Crippen molar-refractivity contribution in [1.29, 1.82) is 0 Å². The molecular weight excluding hydrogens is 432 g/mol. The van der Waals surface area contributed by atoms with Crippen LogP contribution in [0.4, 0.5) is 5.69 Å². The van der Waals surface area contributed by atoms with E-state index < -0.39 is 0 Å². The van der Waals surface area contributed by atoms with Crippen LogP contribution < -0.4 is 15.4 Å². The Balaban J connectivity index is 1.39. The molecule has 0 saturated carbocycles. The minimum Gasteiger partial charge on any atom is -0.489 e. The number of aryl methyl sites for hydroxylation is 1. The first kappa shape index (κ1) is 22.3. The third-order valence-electron chi connectivity index (χ3n) is 5.00. The second kappa shape index (κ2) is 10.6. The van der Waals surface area contributed by atoms with Gasteiger partial charge < -0.3 is 14.5 Å². The average Bonchev–Trinajstić information content (AvgIpc) is 3.29. The fourth-order valence-corrected chi connectivity index (χ4v) is 3.58. The highest BCUT2D eigenvalue weighted by atomic mass is 32.1. The Morgan fingerprint density at radius 2 is 1.67 bits per heavy atom. The molecule has 0 fully saturated rings. The second-order valence-electron chi connectivity index (χ2n) is 7.38. The first-order chi connectivity index (χ1) is 16.1. The summed E-state index contributed by atoms with van der Waals surface area (Å²) >= 11 is 5.36. The van der Waals surface area contributed by atoms with Gasteiger partial charge in [-0.3, -0.25) is 10.1 Å². The summed E-state index contributed by atoms with van der Waals surface area (Å²) in [5.74, 6) is 1.66. The molecule has 4 rings (SSSR count). The molecule has 0 aliphatic rings. The van der Waals surface area contributed by atoms with Gasteiger partial charge in [0.2, 0.25) is 0 Å². The van der Waals surface area contributed by atoms with E-state index in [0.29, 0.717) is 35.9 Å². The number of rotatable bonds is 7. The molecule has 0 aliphatic carbocycles. The fourth-order valence-electron chi connectivity index (χ4n) is 3.37. The number of carbonyl (C=O) groups is 1. The van der Waals surface area contributed by atoms with Gasteiger partial charge in [-0.1, -0.05) is 73.7 Å². The van der Waals surface area contributed by atoms with Crippen molar-refractivity contribution in [2.45, 2.75) is 20.0 Å². The van der Waals surface area contributed by atoms with Crippen LogP contribution in [0.25, 0.3) is 11.3 Å². The van der Waals surface area contributed by atoms with E-state index in [0.717, 1.165) is 16.8 Å². The summed E-state index contributed by atoms with van der Waals surface area (Å²) in [6, 6.07) is 28.8. The highest BCUT2D eigenvalue weighted by Gasteiger charge is 2.18. The molecule has 0 radical (unpaired) electrons. The molecule has 0 saturated heterocycles. The molecule has 1 aromatic heterocycles. The van der Waals surface area contributed by atoms with Crippen molar-refractivity contribution in [2.75, 3.05) is 5.32 Å². The normalized spacial score (nSPS) is 10.5. The topological polar surface area (TPSA) is 63.5 Å². The van der Waals surface area contributed by atoms with Gasteiger partial charge in [-0.15, -0.1) is 0 Å². The Bertz CT molecular complexity index is 1240. The summed E-state index contributed by atoms with van der Waals surface area (Å²) in [7, 11) is 0. The van der Waals surface area contributed by atoms with Crippen LogP contribution in [0.2, 0.25) is 0 Å². The number of benzene rings is 3. The summed E-state index contributed by atoms with van der Waals surface area (Å²) in [5, 5.41) is 5.99. The number of thiocarbonyl (C=S) groups is 1. The molecule has 166 valence electrons. The molecule has 4 aromatic rings. The molecule has 0 unspecified atom stereocenters. The van der Waals surface area contributed by atoms with Crippen LogP contribution in [-0.2, 0) is 13.0 Å². The van der Waals surface area contributed by atoms with Crippen molar-refractivity contribution >= 4 is 28.9 Å². The first-order valence-corrected chi connectivity index (χ1v) is 11.1. The number of anilines is 1. The Morgan fingerprint density at radius 3 is 2.39 bits per heavy atom. The van der Waals surface area contributed by atoms with Crippen LogP contribution in [0.15, 0.2) is 95.4 Å². The number of hydrogen-bond acceptors (Lipinski definition) is 4. The van der Waals surface area contributed by atoms with Gasteiger partial charge in [-0.2, -0.15) is 0 Å². The lowest BCUT2D eigenvalue weighted by atomic mass is 10.1. The van der Waals surface area contributed by atoms with E-state index in [2.05, 4.69) is 10.6 Å². The van der Waals surface area contributed by atoms with E-state index in [1.54, 1.807) is 6.07 Å². The highest BCUT2D eigenvalue weighted by molar-refractivity contribution is 7.80. The molecule has 0 aliphatic heterocycles. The van der Waals surface area contributed by atoms with Gasteiger partial charge >= 0.3 is 0 Å². The van der Waals surface area contributed by atoms with Crippen LogP contribution in [0, 0.1) is 0 Å². The largest absolute Gasteiger partial charge is 0.489 e. The molecule has 2 N–H and O–H groups in total. The Morgan fingerprint density at radius 1 is 0.939 bits per heavy atom. The SMILES string of the molecule is CCc1oc(-c2ccccc2)cc1C(=O)NC(=S)Nc1cccc(OCc2ccccc2)c1. The Kier molecular flexibility index (Phi) is 7.17. The molecule has 33 heavy (non-hydrogen) atoms. The van der Waals surface area contributed by atoms with E-state index in [4.69, 9.17) is 21.4 Å². The summed E-state index contributed by atoms with van der Waals surface area (Å²) in [5.41, 5.74) is 3.19. The molecule has 0 atom stereocenters. The number of amides is 1. The van der Waals surface area contributed by atoms with Crippen LogP contribution in [0.3, 0.4) is 0 Å². The maximum atomic E-state index is 12.9. The summed E-state index contributed by atoms with van der Waals surface area (Å²) in [6.07, 6.45) is 0.594. The van der Waals surface area contributed by atoms with Gasteiger partial charge in [0.1, 0.15) is 23.9 Å². The van der Waals surface area contributed by atoms with E-state index in [1.165, 1.54) is 0 Å². The molecule has 1 amide bonds. The third kappa shape index (κ3) is 5.87. The average molecular weight is 457 g/mol. The van der Waals surface area contributed by atoms with Gasteiger partial charge in [0.05, 0.1) is 5.56 Å². The van der Waals surface area contributed by atoms with Gasteiger partial charge in [-0.25, -0.2) is 0 Å². The van der Waals surface area contributed by atoms with Crippen LogP contribution in [0.1, 0.15) is 28.6 Å². The van der Waals surface area contributed by atoms with E-state index >= 15 is 0 Å². The zero-order chi connectivity index (χ0) is 23.0. The number of ether oxygens (including phenoxy) is 1. The first-order valence-electron chi connectivity index (χ1n) is 10.7. The smallest absolute Gasteiger partial charge is 0.260 e. The quantitative estimate of drug-likeness (QED) is 0.324. The van der Waals surface area contributed by atoms with Crippen molar-refractivity contribution in [1.82, 2.24) is 5.32 Å². The standard InChI is InChI=1S/C27H24N2O3S/c1-2-24-23(17-25(32-24)20-12-7-4-8-13-20)26(30)29-27(33)28-21-14-9-15-22(16-21)31-18-19-10-5-3-6-11-19/h3-17H,2,18H2,1H3,(H2,28,29,30,33). The third-order valence-corrected chi connectivity index (χ3v) is 5.20. The van der Waals surface area contributed by atoms with Crippen LogP contribution >= 0.6 is 12.2 Å². The van der Waals surface area contributed by atoms with E-state index in [9.17, 15) is 4.79 Å². The lowest BCUT2D eigenvalue weighted by Gasteiger charge is -2.11. The number of nitrogens with one attached hydrogen (secondary N) is 2. The monoisotopic (exact) mass is 456 g/mol. The van der Waals surface area contributed by atoms with Gasteiger partial charge in [0.15, 0.2) is 5.11 Å². The Hall–Kier alpha value is -3.90. The van der Waals surface area contributed by atoms with E-state index in [-0.39, 0.29) is 11.0 Å². The second-order valence-corrected chi connectivity index (χ2v) is 7.79. The predicted molar refractivity (Wildman–Crippen MR) is 134 cm³/mol. The minimum atomic E-state index is -0.313. The summed E-state index contributed by atoms with van der Waals surface area (Å²) in [6.45, 7) is 2.41. The molecule has 0 spiro atoms.